The minimum absolute atomic E-state index is 0.101. The molecule has 6 heteroatoms. The number of aromatic nitrogens is 2. The summed E-state index contributed by atoms with van der Waals surface area (Å²) in [5.41, 5.74) is 4.70. The molecule has 4 aromatic rings. The average Bonchev–Trinajstić information content (AvgIpc) is 3.28. The minimum Gasteiger partial charge on any atom is -0.369 e. The third-order valence-corrected chi connectivity index (χ3v) is 6.26. The van der Waals surface area contributed by atoms with Crippen molar-refractivity contribution >= 4 is 33.4 Å². The Morgan fingerprint density at radius 2 is 1.75 bits per heavy atom. The third kappa shape index (κ3) is 4.32. The second-order valence-electron chi connectivity index (χ2n) is 8.52. The highest BCUT2D eigenvalue weighted by Crippen LogP contribution is 2.24. The van der Waals surface area contributed by atoms with Crippen molar-refractivity contribution in [3.05, 3.63) is 72.1 Å². The predicted molar refractivity (Wildman–Crippen MR) is 130 cm³/mol. The molecule has 1 fully saturated rings. The van der Waals surface area contributed by atoms with E-state index in [4.69, 9.17) is 0 Å². The number of H-pyrrole nitrogens is 1. The summed E-state index contributed by atoms with van der Waals surface area (Å²) in [6.45, 7) is 7.89. The smallest absolute Gasteiger partial charge is 0.269 e. The third-order valence-electron chi connectivity index (χ3n) is 6.26. The van der Waals surface area contributed by atoms with Crippen LogP contribution < -0.4 is 10.2 Å². The first-order valence-electron chi connectivity index (χ1n) is 11.4. The molecular formula is C26H29N5O. The van der Waals surface area contributed by atoms with Crippen molar-refractivity contribution in [2.45, 2.75) is 13.3 Å². The normalized spacial score (nSPS) is 14.8. The molecule has 0 aliphatic carbocycles. The first-order valence-corrected chi connectivity index (χ1v) is 11.4. The summed E-state index contributed by atoms with van der Waals surface area (Å²) in [4.78, 5) is 25.6. The van der Waals surface area contributed by atoms with Crippen molar-refractivity contribution in [1.29, 1.82) is 0 Å². The van der Waals surface area contributed by atoms with Crippen LogP contribution in [0.5, 0.6) is 0 Å². The molecular weight excluding hydrogens is 398 g/mol. The van der Waals surface area contributed by atoms with Crippen LogP contribution in [0.4, 0.5) is 5.69 Å². The highest BCUT2D eigenvalue weighted by molar-refractivity contribution is 6.07. The van der Waals surface area contributed by atoms with Gasteiger partial charge in [0.15, 0.2) is 0 Å². The van der Waals surface area contributed by atoms with Crippen LogP contribution in [-0.2, 0) is 0 Å². The van der Waals surface area contributed by atoms with Gasteiger partial charge in [-0.15, -0.1) is 0 Å². The molecule has 164 valence electrons. The average molecular weight is 428 g/mol. The molecule has 1 aliphatic heterocycles. The van der Waals surface area contributed by atoms with Gasteiger partial charge in [0.25, 0.3) is 5.91 Å². The van der Waals surface area contributed by atoms with Crippen LogP contribution in [0.2, 0.25) is 0 Å². The van der Waals surface area contributed by atoms with E-state index >= 15 is 0 Å². The van der Waals surface area contributed by atoms with Crippen LogP contribution in [-0.4, -0.2) is 60.0 Å². The Hall–Kier alpha value is -3.38. The van der Waals surface area contributed by atoms with Gasteiger partial charge in [0.2, 0.25) is 0 Å². The number of hydrogen-bond acceptors (Lipinski definition) is 4. The molecule has 2 aromatic heterocycles. The van der Waals surface area contributed by atoms with E-state index < -0.39 is 0 Å². The second kappa shape index (κ2) is 9.01. The van der Waals surface area contributed by atoms with Gasteiger partial charge < -0.3 is 15.2 Å². The predicted octanol–water partition coefficient (Wildman–Crippen LogP) is 3.97. The molecule has 3 heterocycles. The fraction of sp³-hybridized carbons (Fsp3) is 0.308. The van der Waals surface area contributed by atoms with E-state index in [0.29, 0.717) is 12.2 Å². The summed E-state index contributed by atoms with van der Waals surface area (Å²) in [6.07, 6.45) is 0.938. The van der Waals surface area contributed by atoms with Gasteiger partial charge in [0.05, 0.1) is 11.0 Å². The fourth-order valence-corrected chi connectivity index (χ4v) is 4.46. The number of nitrogens with zero attached hydrogens (tertiary/aromatic N) is 3. The van der Waals surface area contributed by atoms with Crippen molar-refractivity contribution < 1.29 is 4.79 Å². The summed E-state index contributed by atoms with van der Waals surface area (Å²) < 4.78 is 0. The number of carbonyl (C=O) groups is 1. The number of para-hydroxylation sites is 1. The summed E-state index contributed by atoms with van der Waals surface area (Å²) in [6, 6.07) is 20.7. The first-order chi connectivity index (χ1) is 15.7. The number of pyridine rings is 1. The van der Waals surface area contributed by atoms with Crippen LogP contribution in [0.25, 0.3) is 21.8 Å². The number of aryl methyl sites for hydroxylation is 1. The number of piperazine rings is 1. The fourth-order valence-electron chi connectivity index (χ4n) is 4.46. The largest absolute Gasteiger partial charge is 0.369 e. The van der Waals surface area contributed by atoms with Gasteiger partial charge in [-0.05, 0) is 44.2 Å². The van der Waals surface area contributed by atoms with Crippen LogP contribution >= 0.6 is 0 Å². The van der Waals surface area contributed by atoms with Gasteiger partial charge in [0, 0.05) is 54.9 Å². The maximum atomic E-state index is 12.7. The Bertz CT molecular complexity index is 1230. The summed E-state index contributed by atoms with van der Waals surface area (Å²) in [7, 11) is 0. The molecule has 0 radical (unpaired) electrons. The first kappa shape index (κ1) is 20.5. The Morgan fingerprint density at radius 3 is 2.56 bits per heavy atom. The molecule has 1 saturated heterocycles. The molecule has 0 bridgehead atoms. The SMILES string of the molecule is Cc1ccc2ccc3cc(C(=O)NCCCN4CCN(c5ccccc5)CC4)nc3c2[nH]1. The lowest BCUT2D eigenvalue weighted by Crippen LogP contribution is -2.47. The van der Waals surface area contributed by atoms with E-state index in [1.807, 2.05) is 25.1 Å². The molecule has 32 heavy (non-hydrogen) atoms. The minimum atomic E-state index is -0.101. The standard InChI is InChI=1S/C26H29N5O/c1-19-8-9-20-10-11-21-18-23(29-25(21)24(20)28-19)26(32)27-12-5-13-30-14-16-31(17-15-30)22-6-3-2-4-7-22/h2-4,6-11,18,28H,5,12-17H2,1H3,(H,27,32). The molecule has 0 spiro atoms. The van der Waals surface area contributed by atoms with E-state index in [1.54, 1.807) is 0 Å². The molecule has 2 aromatic carbocycles. The number of nitrogens with one attached hydrogen (secondary N) is 2. The zero-order chi connectivity index (χ0) is 21.9. The van der Waals surface area contributed by atoms with Crippen LogP contribution in [0, 0.1) is 6.92 Å². The lowest BCUT2D eigenvalue weighted by molar-refractivity contribution is 0.0947. The van der Waals surface area contributed by atoms with E-state index in [9.17, 15) is 4.79 Å². The van der Waals surface area contributed by atoms with E-state index in [0.717, 1.165) is 66.6 Å². The molecule has 5 rings (SSSR count). The van der Waals surface area contributed by atoms with Gasteiger partial charge in [-0.2, -0.15) is 0 Å². The van der Waals surface area contributed by atoms with Crippen molar-refractivity contribution in [1.82, 2.24) is 20.2 Å². The van der Waals surface area contributed by atoms with Crippen LogP contribution in [0.15, 0.2) is 60.7 Å². The highest BCUT2D eigenvalue weighted by atomic mass is 16.1. The molecule has 6 nitrogen and oxygen atoms in total. The number of benzene rings is 2. The summed E-state index contributed by atoms with van der Waals surface area (Å²) in [5.74, 6) is -0.101. The summed E-state index contributed by atoms with van der Waals surface area (Å²) in [5, 5.41) is 5.13. The molecule has 2 N–H and O–H groups in total. The van der Waals surface area contributed by atoms with E-state index in [-0.39, 0.29) is 5.91 Å². The second-order valence-corrected chi connectivity index (χ2v) is 8.52. The number of amides is 1. The molecule has 0 unspecified atom stereocenters. The van der Waals surface area contributed by atoms with Crippen molar-refractivity contribution in [2.24, 2.45) is 0 Å². The van der Waals surface area contributed by atoms with Gasteiger partial charge >= 0.3 is 0 Å². The summed E-state index contributed by atoms with van der Waals surface area (Å²) >= 11 is 0. The Balaban J connectivity index is 1.12. The van der Waals surface area contributed by atoms with Gasteiger partial charge in [0.1, 0.15) is 5.69 Å². The number of fused-ring (bicyclic) bond motifs is 3. The Labute approximate surface area is 188 Å². The molecule has 1 aliphatic rings. The van der Waals surface area contributed by atoms with Crippen molar-refractivity contribution in [2.75, 3.05) is 44.2 Å². The maximum absolute atomic E-state index is 12.7. The van der Waals surface area contributed by atoms with Crippen LogP contribution in [0.3, 0.4) is 0 Å². The van der Waals surface area contributed by atoms with E-state index in [2.05, 4.69) is 67.5 Å². The number of carbonyl (C=O) groups excluding carboxylic acids is 1. The zero-order valence-electron chi connectivity index (χ0n) is 18.5. The maximum Gasteiger partial charge on any atom is 0.269 e. The Morgan fingerprint density at radius 1 is 1.00 bits per heavy atom. The number of rotatable bonds is 6. The lowest BCUT2D eigenvalue weighted by atomic mass is 10.1. The quantitative estimate of drug-likeness (QED) is 0.457. The van der Waals surface area contributed by atoms with Gasteiger partial charge in [-0.25, -0.2) is 4.98 Å². The van der Waals surface area contributed by atoms with Crippen molar-refractivity contribution in [3.8, 4) is 0 Å². The molecule has 0 atom stereocenters. The highest BCUT2D eigenvalue weighted by Gasteiger charge is 2.17. The van der Waals surface area contributed by atoms with Gasteiger partial charge in [-0.3, -0.25) is 9.69 Å². The number of aromatic amines is 1. The van der Waals surface area contributed by atoms with Gasteiger partial charge in [-0.1, -0.05) is 36.4 Å². The van der Waals surface area contributed by atoms with Crippen LogP contribution in [0.1, 0.15) is 22.6 Å². The number of anilines is 1. The lowest BCUT2D eigenvalue weighted by Gasteiger charge is -2.36. The van der Waals surface area contributed by atoms with Crippen molar-refractivity contribution in [3.63, 3.8) is 0 Å². The zero-order valence-corrected chi connectivity index (χ0v) is 18.5. The number of hydrogen-bond donors (Lipinski definition) is 2. The van der Waals surface area contributed by atoms with E-state index in [1.165, 1.54) is 5.69 Å². The molecule has 1 amide bonds. The molecule has 0 saturated carbocycles. The Kier molecular flexibility index (Phi) is 5.77. The topological polar surface area (TPSA) is 64.3 Å². The monoisotopic (exact) mass is 427 g/mol.